The number of aliphatic hydroxyl groups is 1. The summed E-state index contributed by atoms with van der Waals surface area (Å²) in [7, 11) is 2.17. The third-order valence-electron chi connectivity index (χ3n) is 3.65. The number of hydrogen-bond acceptors (Lipinski definition) is 4. The van der Waals surface area contributed by atoms with Gasteiger partial charge in [0.15, 0.2) is 0 Å². The molecule has 3 N–H and O–H groups in total. The highest BCUT2D eigenvalue weighted by Gasteiger charge is 2.16. The Morgan fingerprint density at radius 1 is 1.29 bits per heavy atom. The normalized spacial score (nSPS) is 21.0. The van der Waals surface area contributed by atoms with Gasteiger partial charge in [-0.25, -0.2) is 0 Å². The Morgan fingerprint density at radius 3 is 2.53 bits per heavy atom. The summed E-state index contributed by atoms with van der Waals surface area (Å²) in [4.78, 5) is 4.91. The predicted molar refractivity (Wildman–Crippen MR) is 72.1 cm³/mol. The van der Waals surface area contributed by atoms with Crippen molar-refractivity contribution in [1.82, 2.24) is 9.80 Å². The monoisotopic (exact) mass is 243 g/mol. The van der Waals surface area contributed by atoms with Crippen molar-refractivity contribution in [3.05, 3.63) is 0 Å². The summed E-state index contributed by atoms with van der Waals surface area (Å²) in [5, 5.41) is 9.06. The van der Waals surface area contributed by atoms with Gasteiger partial charge in [0.2, 0.25) is 0 Å². The average Bonchev–Trinajstić information content (AvgIpc) is 2.79. The molecule has 1 atom stereocenters. The second-order valence-corrected chi connectivity index (χ2v) is 5.77. The number of likely N-dealkylation sites (tertiary alicyclic amines) is 1. The zero-order chi connectivity index (χ0) is 12.7. The Hall–Kier alpha value is -0.160. The van der Waals surface area contributed by atoms with Crippen molar-refractivity contribution in [3.63, 3.8) is 0 Å². The molecule has 0 aromatic heterocycles. The van der Waals surface area contributed by atoms with Crippen LogP contribution in [0.2, 0.25) is 0 Å². The fraction of sp³-hybridized carbons (Fsp3) is 1.00. The lowest BCUT2D eigenvalue weighted by Gasteiger charge is -2.24. The van der Waals surface area contributed by atoms with E-state index in [2.05, 4.69) is 16.8 Å². The second-order valence-electron chi connectivity index (χ2n) is 5.77. The van der Waals surface area contributed by atoms with Gasteiger partial charge in [-0.05, 0) is 59.3 Å². The summed E-state index contributed by atoms with van der Waals surface area (Å²) < 4.78 is 0. The molecular weight excluding hydrogens is 214 g/mol. The summed E-state index contributed by atoms with van der Waals surface area (Å²) in [6, 6.07) is 0. The van der Waals surface area contributed by atoms with Gasteiger partial charge in [0, 0.05) is 18.6 Å². The molecule has 17 heavy (non-hydrogen) atoms. The van der Waals surface area contributed by atoms with Crippen LogP contribution < -0.4 is 5.73 Å². The van der Waals surface area contributed by atoms with Crippen LogP contribution in [0.4, 0.5) is 0 Å². The molecule has 0 amide bonds. The highest BCUT2D eigenvalue weighted by molar-refractivity contribution is 4.77. The molecule has 1 unspecified atom stereocenters. The van der Waals surface area contributed by atoms with E-state index in [0.29, 0.717) is 0 Å². The highest BCUT2D eigenvalue weighted by Crippen LogP contribution is 2.09. The SMILES string of the molecule is CN(CCCC(C)(N)CO)CCN1CCCC1. The van der Waals surface area contributed by atoms with E-state index >= 15 is 0 Å². The van der Waals surface area contributed by atoms with Gasteiger partial charge in [-0.2, -0.15) is 0 Å². The van der Waals surface area contributed by atoms with E-state index in [1.807, 2.05) is 6.92 Å². The summed E-state index contributed by atoms with van der Waals surface area (Å²) in [5.74, 6) is 0. The van der Waals surface area contributed by atoms with E-state index in [9.17, 15) is 0 Å². The molecule has 4 nitrogen and oxygen atoms in total. The molecule has 0 radical (unpaired) electrons. The molecule has 1 heterocycles. The largest absolute Gasteiger partial charge is 0.394 e. The van der Waals surface area contributed by atoms with Crippen LogP contribution in [0, 0.1) is 0 Å². The van der Waals surface area contributed by atoms with Gasteiger partial charge in [0.25, 0.3) is 0 Å². The van der Waals surface area contributed by atoms with Gasteiger partial charge >= 0.3 is 0 Å². The van der Waals surface area contributed by atoms with Crippen LogP contribution in [0.1, 0.15) is 32.6 Å². The minimum atomic E-state index is -0.407. The molecule has 1 aliphatic rings. The maximum Gasteiger partial charge on any atom is 0.0608 e. The zero-order valence-corrected chi connectivity index (χ0v) is 11.5. The molecule has 1 saturated heterocycles. The highest BCUT2D eigenvalue weighted by atomic mass is 16.3. The van der Waals surface area contributed by atoms with Crippen LogP contribution in [0.5, 0.6) is 0 Å². The van der Waals surface area contributed by atoms with Crippen molar-refractivity contribution in [1.29, 1.82) is 0 Å². The Labute approximate surface area is 106 Å². The van der Waals surface area contributed by atoms with E-state index < -0.39 is 5.54 Å². The number of nitrogens with two attached hydrogens (primary N) is 1. The minimum absolute atomic E-state index is 0.0739. The molecular formula is C13H29N3O. The molecule has 1 rings (SSSR count). The molecule has 0 aromatic carbocycles. The van der Waals surface area contributed by atoms with Gasteiger partial charge in [0.05, 0.1) is 6.61 Å². The first-order valence-electron chi connectivity index (χ1n) is 6.84. The van der Waals surface area contributed by atoms with E-state index in [-0.39, 0.29) is 6.61 Å². The van der Waals surface area contributed by atoms with E-state index in [0.717, 1.165) is 25.9 Å². The maximum atomic E-state index is 9.06. The van der Waals surface area contributed by atoms with E-state index in [1.165, 1.54) is 32.5 Å². The molecule has 0 spiro atoms. The van der Waals surface area contributed by atoms with Crippen molar-refractivity contribution in [2.45, 2.75) is 38.1 Å². The Balaban J connectivity index is 2.02. The molecule has 0 aromatic rings. The first-order chi connectivity index (χ1) is 8.03. The predicted octanol–water partition coefficient (Wildman–Crippen LogP) is 0.504. The molecule has 0 bridgehead atoms. The lowest BCUT2D eigenvalue weighted by Crippen LogP contribution is -2.41. The summed E-state index contributed by atoms with van der Waals surface area (Å²) >= 11 is 0. The third-order valence-corrected chi connectivity index (χ3v) is 3.65. The van der Waals surface area contributed by atoms with Crippen LogP contribution in [0.15, 0.2) is 0 Å². The fourth-order valence-electron chi connectivity index (χ4n) is 2.26. The summed E-state index contributed by atoms with van der Waals surface area (Å²) in [6.07, 6.45) is 4.68. The molecule has 4 heteroatoms. The van der Waals surface area contributed by atoms with Crippen LogP contribution in [0.3, 0.4) is 0 Å². The number of likely N-dealkylation sites (N-methyl/N-ethyl adjacent to an activating group) is 1. The number of nitrogens with zero attached hydrogens (tertiary/aromatic N) is 2. The topological polar surface area (TPSA) is 52.7 Å². The van der Waals surface area contributed by atoms with Crippen LogP contribution in [-0.2, 0) is 0 Å². The molecule has 0 saturated carbocycles. The van der Waals surface area contributed by atoms with Crippen LogP contribution in [0.25, 0.3) is 0 Å². The Bertz CT molecular complexity index is 203. The maximum absolute atomic E-state index is 9.06. The second kappa shape index (κ2) is 7.31. The van der Waals surface area contributed by atoms with E-state index in [4.69, 9.17) is 10.8 Å². The van der Waals surface area contributed by atoms with Gasteiger partial charge in [0.1, 0.15) is 0 Å². The van der Waals surface area contributed by atoms with Crippen molar-refractivity contribution in [3.8, 4) is 0 Å². The number of rotatable bonds is 8. The fourth-order valence-corrected chi connectivity index (χ4v) is 2.26. The Kier molecular flexibility index (Phi) is 6.41. The van der Waals surface area contributed by atoms with Crippen molar-refractivity contribution in [2.75, 3.05) is 46.4 Å². The van der Waals surface area contributed by atoms with Gasteiger partial charge < -0.3 is 20.6 Å². The third kappa shape index (κ3) is 6.36. The summed E-state index contributed by atoms with van der Waals surface area (Å²) in [5.41, 5.74) is 5.49. The van der Waals surface area contributed by atoms with Crippen molar-refractivity contribution >= 4 is 0 Å². The quantitative estimate of drug-likeness (QED) is 0.652. The standard InChI is InChI=1S/C13H29N3O/c1-13(14,12-17)6-5-7-15(2)10-11-16-8-3-4-9-16/h17H,3-12,14H2,1-2H3. The van der Waals surface area contributed by atoms with Crippen molar-refractivity contribution < 1.29 is 5.11 Å². The van der Waals surface area contributed by atoms with Gasteiger partial charge in [-0.15, -0.1) is 0 Å². The average molecular weight is 243 g/mol. The molecule has 0 aliphatic carbocycles. The van der Waals surface area contributed by atoms with E-state index in [1.54, 1.807) is 0 Å². The smallest absolute Gasteiger partial charge is 0.0608 e. The number of aliphatic hydroxyl groups excluding tert-OH is 1. The summed E-state index contributed by atoms with van der Waals surface area (Å²) in [6.45, 7) is 7.94. The van der Waals surface area contributed by atoms with Crippen LogP contribution in [-0.4, -0.2) is 66.8 Å². The van der Waals surface area contributed by atoms with Gasteiger partial charge in [-0.1, -0.05) is 0 Å². The lowest BCUT2D eigenvalue weighted by molar-refractivity contribution is 0.189. The minimum Gasteiger partial charge on any atom is -0.394 e. The first-order valence-corrected chi connectivity index (χ1v) is 6.84. The Morgan fingerprint density at radius 2 is 1.94 bits per heavy atom. The molecule has 1 aliphatic heterocycles. The first kappa shape index (κ1) is 14.9. The van der Waals surface area contributed by atoms with Gasteiger partial charge in [-0.3, -0.25) is 0 Å². The van der Waals surface area contributed by atoms with Crippen LogP contribution >= 0.6 is 0 Å². The molecule has 1 fully saturated rings. The van der Waals surface area contributed by atoms with Crippen molar-refractivity contribution in [2.24, 2.45) is 5.73 Å². The lowest BCUT2D eigenvalue weighted by atomic mass is 9.98. The zero-order valence-electron chi connectivity index (χ0n) is 11.5. The number of hydrogen-bond donors (Lipinski definition) is 2. The molecule has 102 valence electrons.